The molecule has 2 atom stereocenters. The van der Waals surface area contributed by atoms with Gasteiger partial charge in [0, 0.05) is 24.5 Å². The van der Waals surface area contributed by atoms with Gasteiger partial charge in [-0.2, -0.15) is 9.67 Å². The second kappa shape index (κ2) is 9.89. The molecule has 0 aliphatic heterocycles. The molecule has 0 radical (unpaired) electrons. The van der Waals surface area contributed by atoms with Gasteiger partial charge in [-0.25, -0.2) is 33.1 Å². The summed E-state index contributed by atoms with van der Waals surface area (Å²) in [7, 11) is 0. The Morgan fingerprint density at radius 1 is 1.13 bits per heavy atom. The summed E-state index contributed by atoms with van der Waals surface area (Å²) >= 11 is 0.671. The van der Waals surface area contributed by atoms with Crippen molar-refractivity contribution in [3.8, 4) is 17.5 Å². The van der Waals surface area contributed by atoms with Crippen LogP contribution in [0.25, 0.3) is 28.6 Å². The molecule has 11 nitrogen and oxygen atoms in total. The molecule has 194 valence electrons. The van der Waals surface area contributed by atoms with Gasteiger partial charge in [0.2, 0.25) is 0 Å². The van der Waals surface area contributed by atoms with Gasteiger partial charge in [0.25, 0.3) is 18.3 Å². The molecular formula is C23H19F3N10OS. The van der Waals surface area contributed by atoms with Crippen molar-refractivity contribution in [2.45, 2.75) is 44.2 Å². The first kappa shape index (κ1) is 24.1. The molecule has 5 aromatic rings. The predicted molar refractivity (Wildman–Crippen MR) is 129 cm³/mol. The minimum absolute atomic E-state index is 0.0167. The number of hydrogen-bond acceptors (Lipinski definition) is 9. The van der Waals surface area contributed by atoms with E-state index in [2.05, 4.69) is 40.5 Å². The number of alkyl halides is 2. The maximum absolute atomic E-state index is 14.9. The lowest BCUT2D eigenvalue weighted by atomic mass is 9.90. The lowest BCUT2D eigenvalue weighted by molar-refractivity contribution is 0.0920. The Hall–Kier alpha value is -4.27. The van der Waals surface area contributed by atoms with Crippen molar-refractivity contribution in [1.29, 1.82) is 0 Å². The van der Waals surface area contributed by atoms with Crippen molar-refractivity contribution in [1.82, 2.24) is 49.8 Å². The van der Waals surface area contributed by atoms with Crippen molar-refractivity contribution in [3.63, 3.8) is 0 Å². The minimum Gasteiger partial charge on any atom is -0.347 e. The topological polar surface area (TPSA) is 129 Å². The van der Waals surface area contributed by atoms with Crippen LogP contribution in [0.1, 0.15) is 52.8 Å². The molecule has 38 heavy (non-hydrogen) atoms. The monoisotopic (exact) mass is 540 g/mol. The van der Waals surface area contributed by atoms with Crippen molar-refractivity contribution >= 4 is 28.4 Å². The molecule has 1 amide bonds. The van der Waals surface area contributed by atoms with Gasteiger partial charge in [-0.1, -0.05) is 5.21 Å². The number of rotatable bonds is 6. The van der Waals surface area contributed by atoms with Gasteiger partial charge in [0.1, 0.15) is 11.2 Å². The lowest BCUT2D eigenvalue weighted by Gasteiger charge is -2.31. The van der Waals surface area contributed by atoms with Crippen LogP contribution in [-0.2, 0) is 0 Å². The molecule has 0 spiro atoms. The van der Waals surface area contributed by atoms with E-state index >= 15 is 0 Å². The van der Waals surface area contributed by atoms with E-state index in [9.17, 15) is 18.0 Å². The van der Waals surface area contributed by atoms with E-state index in [-0.39, 0.29) is 33.6 Å². The summed E-state index contributed by atoms with van der Waals surface area (Å²) in [5.41, 5.74) is 0.979. The summed E-state index contributed by atoms with van der Waals surface area (Å²) in [6.45, 7) is 0. The average Bonchev–Trinajstić information content (AvgIpc) is 3.69. The van der Waals surface area contributed by atoms with Crippen molar-refractivity contribution < 1.29 is 18.0 Å². The first-order valence-corrected chi connectivity index (χ1v) is 12.6. The third-order valence-corrected chi connectivity index (χ3v) is 7.30. The molecular weight excluding hydrogens is 521 g/mol. The van der Waals surface area contributed by atoms with Gasteiger partial charge in [-0.3, -0.25) is 4.79 Å². The summed E-state index contributed by atoms with van der Waals surface area (Å²) in [4.78, 5) is 34.1. The van der Waals surface area contributed by atoms with Crippen molar-refractivity contribution in [2.75, 3.05) is 0 Å². The number of thiazole rings is 1. The van der Waals surface area contributed by atoms with E-state index in [0.29, 0.717) is 47.6 Å². The largest absolute Gasteiger partial charge is 0.347 e. The highest BCUT2D eigenvalue weighted by atomic mass is 32.1. The van der Waals surface area contributed by atoms with Crippen molar-refractivity contribution in [2.24, 2.45) is 0 Å². The Bertz CT molecular complexity index is 1600. The van der Waals surface area contributed by atoms with Crippen LogP contribution in [0.15, 0.2) is 43.1 Å². The van der Waals surface area contributed by atoms with Gasteiger partial charge >= 0.3 is 0 Å². The second-order valence-corrected chi connectivity index (χ2v) is 9.79. The molecule has 6 rings (SSSR count). The van der Waals surface area contributed by atoms with E-state index < -0.39 is 18.1 Å². The van der Waals surface area contributed by atoms with Crippen LogP contribution in [0.4, 0.5) is 13.2 Å². The minimum atomic E-state index is -2.68. The molecule has 15 heteroatoms. The molecule has 0 unspecified atom stereocenters. The normalized spacial score (nSPS) is 17.8. The van der Waals surface area contributed by atoms with Crippen LogP contribution in [-0.4, -0.2) is 56.4 Å². The van der Waals surface area contributed by atoms with Crippen LogP contribution < -0.4 is 5.32 Å². The first-order chi connectivity index (χ1) is 18.5. The number of hydrogen-bond donors (Lipinski definition) is 1. The summed E-state index contributed by atoms with van der Waals surface area (Å²) in [5, 5.41) is 10.6. The third kappa shape index (κ3) is 4.49. The highest BCUT2D eigenvalue weighted by molar-refractivity contribution is 7.13. The number of halogens is 3. The number of nitrogens with one attached hydrogen (secondary N) is 1. The Morgan fingerprint density at radius 2 is 2.03 bits per heavy atom. The van der Waals surface area contributed by atoms with Crippen LogP contribution in [0.5, 0.6) is 0 Å². The van der Waals surface area contributed by atoms with Gasteiger partial charge < -0.3 is 9.88 Å². The number of amides is 1. The maximum atomic E-state index is 14.9. The molecule has 1 aliphatic rings. The van der Waals surface area contributed by atoms with E-state index in [1.807, 2.05) is 4.57 Å². The lowest BCUT2D eigenvalue weighted by Crippen LogP contribution is -2.39. The highest BCUT2D eigenvalue weighted by Gasteiger charge is 2.31. The Morgan fingerprint density at radius 3 is 2.79 bits per heavy atom. The number of fused-ring (bicyclic) bond motifs is 1. The van der Waals surface area contributed by atoms with Crippen LogP contribution in [0.2, 0.25) is 0 Å². The zero-order valence-corrected chi connectivity index (χ0v) is 20.4. The van der Waals surface area contributed by atoms with Gasteiger partial charge in [0.05, 0.1) is 23.5 Å². The van der Waals surface area contributed by atoms with Gasteiger partial charge in [-0.15, -0.1) is 16.4 Å². The molecule has 1 fully saturated rings. The fraction of sp³-hybridized carbons (Fsp3) is 0.304. The van der Waals surface area contributed by atoms with E-state index in [1.54, 1.807) is 6.20 Å². The first-order valence-electron chi connectivity index (χ1n) is 11.7. The fourth-order valence-corrected chi connectivity index (χ4v) is 5.31. The number of pyridine rings is 1. The predicted octanol–water partition coefficient (Wildman–Crippen LogP) is 3.92. The molecule has 0 aromatic carbocycles. The third-order valence-electron chi connectivity index (χ3n) is 6.30. The molecule has 1 N–H and O–H groups in total. The standard InChI is InChI=1S/C23H19F3N10OS/c24-14-5-2-6-27-17(14)20-32-15-10-29-23(35-8-7-30-34-35)33-19(15)36(20)13-4-1-3-12(9-13)31-21(37)22-28-11-16(38-22)18(25)26/h2,5-8,10-13,18H,1,3-4,9H2,(H,31,37)/t12-,13+/m0/s1. The van der Waals surface area contributed by atoms with Crippen LogP contribution >= 0.6 is 11.3 Å². The molecule has 5 aromatic heterocycles. The maximum Gasteiger partial charge on any atom is 0.280 e. The summed E-state index contributed by atoms with van der Waals surface area (Å²) in [6.07, 6.45) is 7.10. The average molecular weight is 541 g/mol. The van der Waals surface area contributed by atoms with Crippen LogP contribution in [0.3, 0.4) is 0 Å². The van der Waals surface area contributed by atoms with E-state index in [0.717, 1.165) is 12.6 Å². The fourth-order valence-electron chi connectivity index (χ4n) is 4.64. The Labute approximate surface area is 216 Å². The highest BCUT2D eigenvalue weighted by Crippen LogP contribution is 2.36. The number of carbonyl (C=O) groups is 1. The zero-order chi connectivity index (χ0) is 26.2. The van der Waals surface area contributed by atoms with E-state index in [4.69, 9.17) is 0 Å². The molecule has 5 heterocycles. The van der Waals surface area contributed by atoms with Gasteiger partial charge in [0.15, 0.2) is 22.3 Å². The van der Waals surface area contributed by atoms with Crippen molar-refractivity contribution in [3.05, 3.63) is 58.8 Å². The van der Waals surface area contributed by atoms with Gasteiger partial charge in [-0.05, 0) is 37.8 Å². The smallest absolute Gasteiger partial charge is 0.280 e. The van der Waals surface area contributed by atoms with Crippen LogP contribution in [0, 0.1) is 5.82 Å². The Kier molecular flexibility index (Phi) is 6.27. The summed E-state index contributed by atoms with van der Waals surface area (Å²) < 4.78 is 44.0. The molecule has 0 bridgehead atoms. The number of aromatic nitrogens is 9. The number of imidazole rings is 1. The van der Waals surface area contributed by atoms with E-state index in [1.165, 1.54) is 35.4 Å². The zero-order valence-electron chi connectivity index (χ0n) is 19.6. The Balaban J connectivity index is 1.36. The molecule has 1 aliphatic carbocycles. The SMILES string of the molecule is O=C(N[C@H]1CCC[C@@H](n2c(-c3ncccc3F)nc3cnc(-n4ccnn4)nc32)C1)c1ncc(C(F)F)s1. The second-order valence-electron chi connectivity index (χ2n) is 8.73. The number of carbonyl (C=O) groups excluding carboxylic acids is 1. The summed E-state index contributed by atoms with van der Waals surface area (Å²) in [5.74, 6) is -0.479. The summed E-state index contributed by atoms with van der Waals surface area (Å²) in [6, 6.07) is 2.32. The number of nitrogens with zero attached hydrogens (tertiary/aromatic N) is 9. The molecule has 1 saturated carbocycles. The molecule has 0 saturated heterocycles. The quantitative estimate of drug-likeness (QED) is 0.343.